The van der Waals surface area contributed by atoms with Crippen LogP contribution < -0.4 is 9.62 Å². The SMILES string of the molecule is CCc1ccc(N(CC(=O)NCc2ccc(C)cc2)S(=O)(=O)c2ccc(C)cc2)cc1. The number of carbonyl (C=O) groups excluding carboxylic acids is 1. The van der Waals surface area contributed by atoms with E-state index in [4.69, 9.17) is 0 Å². The van der Waals surface area contributed by atoms with Crippen molar-refractivity contribution in [3.8, 4) is 0 Å². The van der Waals surface area contributed by atoms with Crippen LogP contribution >= 0.6 is 0 Å². The molecule has 0 aliphatic carbocycles. The maximum atomic E-state index is 13.4. The molecule has 0 fully saturated rings. The van der Waals surface area contributed by atoms with Crippen molar-refractivity contribution in [3.05, 3.63) is 95.1 Å². The average molecular weight is 437 g/mol. The molecule has 6 heteroatoms. The number of benzene rings is 3. The van der Waals surface area contributed by atoms with E-state index >= 15 is 0 Å². The Morgan fingerprint density at radius 2 is 1.32 bits per heavy atom. The van der Waals surface area contributed by atoms with Gasteiger partial charge in [0.05, 0.1) is 10.6 Å². The van der Waals surface area contributed by atoms with Crippen molar-refractivity contribution in [3.63, 3.8) is 0 Å². The minimum atomic E-state index is -3.90. The summed E-state index contributed by atoms with van der Waals surface area (Å²) in [5.74, 6) is -0.365. The minimum Gasteiger partial charge on any atom is -0.350 e. The maximum Gasteiger partial charge on any atom is 0.264 e. The van der Waals surface area contributed by atoms with Crippen LogP contribution in [0.25, 0.3) is 0 Å². The Kier molecular flexibility index (Phi) is 7.13. The third kappa shape index (κ3) is 5.73. The van der Waals surface area contributed by atoms with E-state index in [1.54, 1.807) is 36.4 Å². The molecule has 1 N–H and O–H groups in total. The Hall–Kier alpha value is -3.12. The quantitative estimate of drug-likeness (QED) is 0.570. The number of carbonyl (C=O) groups is 1. The molecule has 0 saturated carbocycles. The zero-order valence-corrected chi connectivity index (χ0v) is 18.9. The van der Waals surface area contributed by atoms with Crippen LogP contribution in [0.4, 0.5) is 5.69 Å². The van der Waals surface area contributed by atoms with Gasteiger partial charge in [0.2, 0.25) is 5.91 Å². The normalized spacial score (nSPS) is 11.2. The van der Waals surface area contributed by atoms with Crippen LogP contribution in [0.2, 0.25) is 0 Å². The first-order valence-electron chi connectivity index (χ1n) is 10.3. The zero-order valence-electron chi connectivity index (χ0n) is 18.1. The molecule has 3 aromatic rings. The minimum absolute atomic E-state index is 0.156. The summed E-state index contributed by atoms with van der Waals surface area (Å²) in [7, 11) is -3.90. The summed E-state index contributed by atoms with van der Waals surface area (Å²) in [5.41, 5.74) is 4.62. The third-order valence-electron chi connectivity index (χ3n) is 5.14. The maximum absolute atomic E-state index is 13.4. The highest BCUT2D eigenvalue weighted by Crippen LogP contribution is 2.24. The van der Waals surface area contributed by atoms with Gasteiger partial charge in [0.25, 0.3) is 10.0 Å². The van der Waals surface area contributed by atoms with Gasteiger partial charge in [0.15, 0.2) is 0 Å². The number of amides is 1. The number of anilines is 1. The summed E-state index contributed by atoms with van der Waals surface area (Å²) < 4.78 is 28.0. The van der Waals surface area contributed by atoms with Gasteiger partial charge in [-0.15, -0.1) is 0 Å². The molecular formula is C25H28N2O3S. The lowest BCUT2D eigenvalue weighted by molar-refractivity contribution is -0.119. The van der Waals surface area contributed by atoms with Gasteiger partial charge in [-0.05, 0) is 55.7 Å². The molecular weight excluding hydrogens is 408 g/mol. The average Bonchev–Trinajstić information content (AvgIpc) is 2.77. The van der Waals surface area contributed by atoms with E-state index in [1.165, 1.54) is 4.31 Å². The Morgan fingerprint density at radius 3 is 1.87 bits per heavy atom. The summed E-state index contributed by atoms with van der Waals surface area (Å²) >= 11 is 0. The molecule has 0 aliphatic heterocycles. The number of nitrogens with zero attached hydrogens (tertiary/aromatic N) is 1. The van der Waals surface area contributed by atoms with Crippen LogP contribution in [-0.4, -0.2) is 20.9 Å². The van der Waals surface area contributed by atoms with E-state index in [0.29, 0.717) is 12.2 Å². The largest absolute Gasteiger partial charge is 0.350 e. The van der Waals surface area contributed by atoms with Gasteiger partial charge in [0.1, 0.15) is 6.54 Å². The fraction of sp³-hybridized carbons (Fsp3) is 0.240. The summed E-state index contributed by atoms with van der Waals surface area (Å²) in [6.45, 7) is 5.98. The highest BCUT2D eigenvalue weighted by atomic mass is 32.2. The van der Waals surface area contributed by atoms with Crippen LogP contribution in [0.3, 0.4) is 0 Å². The number of aryl methyl sites for hydroxylation is 3. The standard InChI is InChI=1S/C25H28N2O3S/c1-4-21-11-13-23(14-12-21)27(31(29,30)24-15-7-20(3)8-16-24)18-25(28)26-17-22-9-5-19(2)6-10-22/h5-16H,4,17-18H2,1-3H3,(H,26,28). The first kappa shape index (κ1) is 22.6. The Labute approximate surface area is 184 Å². The second-order valence-corrected chi connectivity index (χ2v) is 9.47. The lowest BCUT2D eigenvalue weighted by atomic mass is 10.1. The highest BCUT2D eigenvalue weighted by Gasteiger charge is 2.27. The molecule has 3 aromatic carbocycles. The first-order valence-corrected chi connectivity index (χ1v) is 11.7. The highest BCUT2D eigenvalue weighted by molar-refractivity contribution is 7.92. The molecule has 5 nitrogen and oxygen atoms in total. The van der Waals surface area contributed by atoms with E-state index in [1.807, 2.05) is 57.2 Å². The van der Waals surface area contributed by atoms with E-state index in [9.17, 15) is 13.2 Å². The van der Waals surface area contributed by atoms with E-state index in [-0.39, 0.29) is 17.3 Å². The second-order valence-electron chi connectivity index (χ2n) is 7.61. The lowest BCUT2D eigenvalue weighted by Gasteiger charge is -2.24. The van der Waals surface area contributed by atoms with Gasteiger partial charge >= 0.3 is 0 Å². The molecule has 0 bridgehead atoms. The van der Waals surface area contributed by atoms with Crippen molar-refractivity contribution in [1.82, 2.24) is 5.32 Å². The molecule has 0 spiro atoms. The van der Waals surface area contributed by atoms with Gasteiger partial charge < -0.3 is 5.32 Å². The predicted molar refractivity (Wildman–Crippen MR) is 125 cm³/mol. The number of rotatable bonds is 8. The molecule has 0 radical (unpaired) electrons. The Balaban J connectivity index is 1.85. The molecule has 0 heterocycles. The number of nitrogens with one attached hydrogen (secondary N) is 1. The van der Waals surface area contributed by atoms with Gasteiger partial charge in [-0.2, -0.15) is 0 Å². The first-order chi connectivity index (χ1) is 14.8. The summed E-state index contributed by atoms with van der Waals surface area (Å²) in [4.78, 5) is 12.9. The van der Waals surface area contributed by atoms with Crippen molar-refractivity contribution >= 4 is 21.6 Å². The van der Waals surface area contributed by atoms with Crippen LogP contribution in [0.15, 0.2) is 77.7 Å². The molecule has 3 rings (SSSR count). The molecule has 0 unspecified atom stereocenters. The molecule has 0 aliphatic rings. The fourth-order valence-corrected chi connectivity index (χ4v) is 4.56. The summed E-state index contributed by atoms with van der Waals surface area (Å²) in [5, 5.41) is 2.83. The molecule has 162 valence electrons. The monoisotopic (exact) mass is 436 g/mol. The van der Waals surface area contributed by atoms with Gasteiger partial charge in [0, 0.05) is 6.54 Å². The smallest absolute Gasteiger partial charge is 0.264 e. The fourth-order valence-electron chi connectivity index (χ4n) is 3.14. The van der Waals surface area contributed by atoms with Crippen LogP contribution in [-0.2, 0) is 27.8 Å². The van der Waals surface area contributed by atoms with Crippen LogP contribution in [0.1, 0.15) is 29.2 Å². The number of hydrogen-bond donors (Lipinski definition) is 1. The van der Waals surface area contributed by atoms with Crippen molar-refractivity contribution in [2.24, 2.45) is 0 Å². The molecule has 1 amide bonds. The number of hydrogen-bond acceptors (Lipinski definition) is 3. The van der Waals surface area contributed by atoms with Gasteiger partial charge in [-0.25, -0.2) is 8.42 Å². The predicted octanol–water partition coefficient (Wildman–Crippen LogP) is 4.38. The van der Waals surface area contributed by atoms with E-state index in [2.05, 4.69) is 5.32 Å². The van der Waals surface area contributed by atoms with E-state index in [0.717, 1.165) is 28.7 Å². The van der Waals surface area contributed by atoms with Crippen molar-refractivity contribution in [2.75, 3.05) is 10.8 Å². The van der Waals surface area contributed by atoms with Crippen LogP contribution in [0, 0.1) is 13.8 Å². The topological polar surface area (TPSA) is 66.5 Å². The lowest BCUT2D eigenvalue weighted by Crippen LogP contribution is -2.40. The van der Waals surface area contributed by atoms with Crippen molar-refractivity contribution in [1.29, 1.82) is 0 Å². The van der Waals surface area contributed by atoms with Gasteiger partial charge in [-0.1, -0.05) is 66.6 Å². The van der Waals surface area contributed by atoms with Crippen molar-refractivity contribution in [2.45, 2.75) is 38.6 Å². The van der Waals surface area contributed by atoms with Gasteiger partial charge in [-0.3, -0.25) is 9.10 Å². The zero-order chi connectivity index (χ0) is 22.4. The third-order valence-corrected chi connectivity index (χ3v) is 6.93. The van der Waals surface area contributed by atoms with Crippen LogP contribution in [0.5, 0.6) is 0 Å². The summed E-state index contributed by atoms with van der Waals surface area (Å²) in [6, 6.07) is 21.8. The number of sulfonamides is 1. The summed E-state index contributed by atoms with van der Waals surface area (Å²) in [6.07, 6.45) is 0.849. The van der Waals surface area contributed by atoms with E-state index < -0.39 is 10.0 Å². The second kappa shape index (κ2) is 9.79. The Morgan fingerprint density at radius 1 is 0.806 bits per heavy atom. The molecule has 0 aromatic heterocycles. The molecule has 0 atom stereocenters. The molecule has 0 saturated heterocycles. The molecule has 31 heavy (non-hydrogen) atoms. The van der Waals surface area contributed by atoms with Crippen molar-refractivity contribution < 1.29 is 13.2 Å². The Bertz CT molecular complexity index is 1120.